The Bertz CT molecular complexity index is 1250. The largest absolute Gasteiger partial charge is 0.369 e. The van der Waals surface area contributed by atoms with Gasteiger partial charge in [0, 0.05) is 81.0 Å². The number of halogens is 2. The van der Waals surface area contributed by atoms with Crippen molar-refractivity contribution in [1.82, 2.24) is 25.4 Å². The van der Waals surface area contributed by atoms with E-state index in [1.807, 2.05) is 24.5 Å². The van der Waals surface area contributed by atoms with Crippen LogP contribution in [0.4, 0.5) is 10.5 Å². The van der Waals surface area contributed by atoms with E-state index in [2.05, 4.69) is 60.6 Å². The van der Waals surface area contributed by atoms with Gasteiger partial charge in [0.25, 0.3) is 0 Å². The number of piperazine rings is 1. The number of piperidine rings is 1. The average Bonchev–Trinajstić information content (AvgIpc) is 2.97. The van der Waals surface area contributed by atoms with Crippen molar-refractivity contribution in [1.29, 1.82) is 0 Å². The fraction of sp³-hybridized carbons (Fsp3) is 0.419. The lowest BCUT2D eigenvalue weighted by Gasteiger charge is -2.36. The number of urea groups is 1. The van der Waals surface area contributed by atoms with Crippen LogP contribution in [0, 0.1) is 5.92 Å². The molecule has 2 aromatic carbocycles. The first-order valence-corrected chi connectivity index (χ1v) is 14.9. The van der Waals surface area contributed by atoms with Gasteiger partial charge >= 0.3 is 6.03 Å². The van der Waals surface area contributed by atoms with Crippen LogP contribution in [-0.2, 0) is 13.1 Å². The lowest BCUT2D eigenvalue weighted by molar-refractivity contribution is 0.175. The van der Waals surface area contributed by atoms with Crippen LogP contribution in [0.15, 0.2) is 60.9 Å². The van der Waals surface area contributed by atoms with Crippen LogP contribution < -0.4 is 15.5 Å². The van der Waals surface area contributed by atoms with Crippen molar-refractivity contribution in [2.24, 2.45) is 5.92 Å². The number of anilines is 1. The van der Waals surface area contributed by atoms with Crippen LogP contribution >= 0.6 is 23.2 Å². The van der Waals surface area contributed by atoms with Crippen molar-refractivity contribution < 1.29 is 4.79 Å². The van der Waals surface area contributed by atoms with Gasteiger partial charge in [0.2, 0.25) is 0 Å². The number of nitrogens with zero attached hydrogens (tertiary/aromatic N) is 4. The summed E-state index contributed by atoms with van der Waals surface area (Å²) in [6.45, 7) is 8.64. The second-order valence-electron chi connectivity index (χ2n) is 10.8. The summed E-state index contributed by atoms with van der Waals surface area (Å²) >= 11 is 12.8. The molecule has 2 aliphatic rings. The molecule has 2 amide bonds. The smallest absolute Gasteiger partial charge is 0.314 e. The molecule has 0 spiro atoms. The van der Waals surface area contributed by atoms with Gasteiger partial charge in [-0.25, -0.2) is 4.79 Å². The number of amides is 2. The Morgan fingerprint density at radius 3 is 2.00 bits per heavy atom. The van der Waals surface area contributed by atoms with Crippen molar-refractivity contribution in [2.45, 2.75) is 25.9 Å². The van der Waals surface area contributed by atoms with Gasteiger partial charge in [0.15, 0.2) is 0 Å². The first kappa shape index (κ1) is 28.7. The molecule has 1 aromatic heterocycles. The maximum absolute atomic E-state index is 11.5. The molecule has 0 saturated carbocycles. The highest BCUT2D eigenvalue weighted by Crippen LogP contribution is 2.30. The zero-order chi connectivity index (χ0) is 27.9. The fourth-order valence-electron chi connectivity index (χ4n) is 5.74. The highest BCUT2D eigenvalue weighted by Gasteiger charge is 2.21. The molecule has 2 fully saturated rings. The Hall–Kier alpha value is -2.84. The van der Waals surface area contributed by atoms with E-state index in [-0.39, 0.29) is 6.03 Å². The molecule has 7 nitrogen and oxygen atoms in total. The zero-order valence-corrected chi connectivity index (χ0v) is 24.6. The molecule has 40 heavy (non-hydrogen) atoms. The number of carbonyl (C=O) groups excluding carboxylic acids is 1. The van der Waals surface area contributed by atoms with Crippen LogP contribution in [0.3, 0.4) is 0 Å². The highest BCUT2D eigenvalue weighted by molar-refractivity contribution is 6.35. The van der Waals surface area contributed by atoms with Crippen molar-refractivity contribution in [2.75, 3.05) is 57.8 Å². The van der Waals surface area contributed by atoms with Crippen LogP contribution in [-0.4, -0.2) is 73.7 Å². The second-order valence-corrected chi connectivity index (χ2v) is 11.7. The summed E-state index contributed by atoms with van der Waals surface area (Å²) in [6, 6.07) is 16.8. The van der Waals surface area contributed by atoms with E-state index < -0.39 is 0 Å². The summed E-state index contributed by atoms with van der Waals surface area (Å²) in [5, 5.41) is 6.88. The third-order valence-corrected chi connectivity index (χ3v) is 8.38. The molecule has 9 heteroatoms. The summed E-state index contributed by atoms with van der Waals surface area (Å²) in [7, 11) is 1.65. The van der Waals surface area contributed by atoms with Crippen molar-refractivity contribution in [3.05, 3.63) is 82.1 Å². The lowest BCUT2D eigenvalue weighted by atomic mass is 9.95. The van der Waals surface area contributed by atoms with Crippen LogP contribution in [0.25, 0.3) is 11.1 Å². The molecule has 0 aliphatic carbocycles. The maximum atomic E-state index is 11.5. The number of aromatic nitrogens is 1. The van der Waals surface area contributed by atoms with E-state index in [9.17, 15) is 4.79 Å². The Balaban J connectivity index is 1.27. The van der Waals surface area contributed by atoms with E-state index in [4.69, 9.17) is 23.2 Å². The summed E-state index contributed by atoms with van der Waals surface area (Å²) < 4.78 is 0. The number of likely N-dealkylation sites (tertiary alicyclic amines) is 1. The van der Waals surface area contributed by atoms with E-state index in [0.717, 1.165) is 82.9 Å². The van der Waals surface area contributed by atoms with Gasteiger partial charge in [-0.05, 0) is 96.6 Å². The molecule has 2 saturated heterocycles. The third kappa shape index (κ3) is 7.88. The number of rotatable bonds is 8. The van der Waals surface area contributed by atoms with Crippen LogP contribution in [0.5, 0.6) is 0 Å². The number of carbonyl (C=O) groups is 1. The molecule has 0 bridgehead atoms. The number of hydrogen-bond acceptors (Lipinski definition) is 5. The van der Waals surface area contributed by atoms with E-state index in [1.54, 1.807) is 13.1 Å². The second kappa shape index (κ2) is 13.7. The predicted octanol–water partition coefficient (Wildman–Crippen LogP) is 5.52. The molecule has 3 aromatic rings. The zero-order valence-electron chi connectivity index (χ0n) is 23.1. The van der Waals surface area contributed by atoms with Crippen molar-refractivity contribution in [3.63, 3.8) is 0 Å². The predicted molar refractivity (Wildman–Crippen MR) is 164 cm³/mol. The topological polar surface area (TPSA) is 63.7 Å². The molecule has 212 valence electrons. The van der Waals surface area contributed by atoms with E-state index >= 15 is 0 Å². The number of nitrogens with one attached hydrogen (secondary N) is 2. The summed E-state index contributed by atoms with van der Waals surface area (Å²) in [4.78, 5) is 23.2. The number of benzene rings is 2. The van der Waals surface area contributed by atoms with Crippen LogP contribution in [0.1, 0.15) is 24.0 Å². The van der Waals surface area contributed by atoms with Gasteiger partial charge in [0.05, 0.1) is 0 Å². The van der Waals surface area contributed by atoms with Crippen molar-refractivity contribution >= 4 is 34.9 Å². The fourth-order valence-corrected chi connectivity index (χ4v) is 6.27. The SMILES string of the molecule is CNC(=O)NCC1CCN(Cc2cc(CN3CCN(c4ccncc4)CC3)cc(-c3cc(Cl)cc(Cl)c3)c2)CC1. The van der Waals surface area contributed by atoms with Crippen LogP contribution in [0.2, 0.25) is 10.0 Å². The number of pyridine rings is 1. The minimum absolute atomic E-state index is 0.105. The molecule has 2 N–H and O–H groups in total. The monoisotopic (exact) mass is 580 g/mol. The first-order valence-electron chi connectivity index (χ1n) is 14.1. The van der Waals surface area contributed by atoms with Gasteiger partial charge in [-0.15, -0.1) is 0 Å². The normalized spacial score (nSPS) is 17.1. The van der Waals surface area contributed by atoms with Gasteiger partial charge in [-0.2, -0.15) is 0 Å². The Morgan fingerprint density at radius 1 is 0.825 bits per heavy atom. The first-order chi connectivity index (χ1) is 19.4. The van der Waals surface area contributed by atoms with Crippen molar-refractivity contribution in [3.8, 4) is 11.1 Å². The quantitative estimate of drug-likeness (QED) is 0.367. The minimum atomic E-state index is -0.105. The molecule has 2 aliphatic heterocycles. The maximum Gasteiger partial charge on any atom is 0.314 e. The summed E-state index contributed by atoms with van der Waals surface area (Å²) in [5.41, 5.74) is 6.05. The summed E-state index contributed by atoms with van der Waals surface area (Å²) in [6.07, 6.45) is 5.90. The van der Waals surface area contributed by atoms with E-state index in [0.29, 0.717) is 16.0 Å². The lowest BCUT2D eigenvalue weighted by Crippen LogP contribution is -2.46. The molecule has 5 rings (SSSR count). The standard InChI is InChI=1S/C31H38Cl2N6O/c1-34-31(40)36-20-23-4-8-37(9-5-23)21-24-14-25(16-26(15-24)27-17-28(32)19-29(33)18-27)22-38-10-12-39(13-11-38)30-2-6-35-7-3-30/h2-3,6-7,14-19,23H,4-5,8-13,20-22H2,1H3,(H2,34,36,40). The van der Waals surface area contributed by atoms with Gasteiger partial charge in [-0.3, -0.25) is 14.8 Å². The molecule has 0 unspecified atom stereocenters. The third-order valence-electron chi connectivity index (χ3n) is 7.95. The highest BCUT2D eigenvalue weighted by atomic mass is 35.5. The Morgan fingerprint density at radius 2 is 1.40 bits per heavy atom. The molecular formula is C31H38Cl2N6O. The Kier molecular flexibility index (Phi) is 9.81. The molecule has 3 heterocycles. The van der Waals surface area contributed by atoms with Gasteiger partial charge in [-0.1, -0.05) is 29.3 Å². The molecule has 0 atom stereocenters. The van der Waals surface area contributed by atoms with Gasteiger partial charge < -0.3 is 15.5 Å². The Labute approximate surface area is 247 Å². The number of hydrogen-bond donors (Lipinski definition) is 2. The average molecular weight is 582 g/mol. The molecular weight excluding hydrogens is 543 g/mol. The minimum Gasteiger partial charge on any atom is -0.369 e. The van der Waals surface area contributed by atoms with Gasteiger partial charge in [0.1, 0.15) is 0 Å². The summed E-state index contributed by atoms with van der Waals surface area (Å²) in [5.74, 6) is 0.523. The van der Waals surface area contributed by atoms with E-state index in [1.165, 1.54) is 16.8 Å². The molecule has 0 radical (unpaired) electrons.